The van der Waals surface area contributed by atoms with E-state index in [1.165, 1.54) is 25.6 Å². The Hall–Kier alpha value is -1.40. The average Bonchev–Trinajstić information content (AvgIpc) is 1.57. The number of ether oxygens (including phenoxy) is 5. The van der Waals surface area contributed by atoms with Crippen LogP contribution in [-0.2, 0) is 96.8 Å². The molecule has 0 aromatic heterocycles. The summed E-state index contributed by atoms with van der Waals surface area (Å²) in [5, 5.41) is 36.2. The van der Waals surface area contributed by atoms with Crippen LogP contribution in [0.15, 0.2) is 0 Å². The van der Waals surface area contributed by atoms with Gasteiger partial charge >= 0.3 is 29.8 Å². The van der Waals surface area contributed by atoms with Gasteiger partial charge in [0.2, 0.25) is 0 Å². The number of sulfone groups is 5. The minimum absolute atomic E-state index is 0.0560. The molecule has 105 heavy (non-hydrogen) atoms. The molecule has 0 bridgehead atoms. The van der Waals surface area contributed by atoms with E-state index in [1.807, 2.05) is 104 Å². The Labute approximate surface area is 662 Å². The summed E-state index contributed by atoms with van der Waals surface area (Å²) < 4.78 is 139. The van der Waals surface area contributed by atoms with Gasteiger partial charge in [-0.2, -0.15) is 12.6 Å². The number of carbonyl (C=O) groups excluding carboxylic acids is 5. The molecule has 3 aliphatic carbocycles. The van der Waals surface area contributed by atoms with Gasteiger partial charge in [-0.3, -0.25) is 24.0 Å². The van der Waals surface area contributed by atoms with Gasteiger partial charge in [0, 0.05) is 14.8 Å². The third-order valence-electron chi connectivity index (χ3n) is 16.7. The van der Waals surface area contributed by atoms with Crippen molar-refractivity contribution in [2.45, 2.75) is 368 Å². The number of aliphatic hydroxyl groups is 4. The largest absolute Gasteiger partial charge is 0.459 e. The van der Waals surface area contributed by atoms with E-state index >= 15 is 0 Å². The van der Waals surface area contributed by atoms with Gasteiger partial charge in [-0.1, -0.05) is 59.6 Å². The molecule has 0 spiro atoms. The predicted molar refractivity (Wildman–Crippen MR) is 437 cm³/mol. The molecule has 33 heteroatoms. The van der Waals surface area contributed by atoms with Crippen molar-refractivity contribution in [2.75, 3.05) is 54.3 Å². The molecule has 0 aromatic carbocycles. The van der Waals surface area contributed by atoms with Crippen molar-refractivity contribution < 1.29 is 110 Å². The van der Waals surface area contributed by atoms with Crippen LogP contribution in [0.3, 0.4) is 0 Å². The average molecular weight is 1780 g/mol. The van der Waals surface area contributed by atoms with E-state index in [4.69, 9.17) is 44.1 Å². The second-order valence-corrected chi connectivity index (χ2v) is 53.8. The van der Waals surface area contributed by atoms with Crippen molar-refractivity contribution in [1.82, 2.24) is 0 Å². The summed E-state index contributed by atoms with van der Waals surface area (Å²) >= 11 is 11.7. The van der Waals surface area contributed by atoms with E-state index in [1.54, 1.807) is 111 Å². The van der Waals surface area contributed by atoms with Gasteiger partial charge in [0.15, 0.2) is 53.9 Å². The Kier molecular flexibility index (Phi) is 45.0. The molecule has 0 saturated heterocycles. The zero-order valence-electron chi connectivity index (χ0n) is 70.0. The quantitative estimate of drug-likeness (QED) is 0.0232. The Bertz CT molecular complexity index is 3150. The monoisotopic (exact) mass is 1770 g/mol. The molecule has 630 valence electrons. The molecule has 4 N–H and O–H groups in total. The number of rotatable bonds is 26. The van der Waals surface area contributed by atoms with Gasteiger partial charge in [-0.15, -0.1) is 11.8 Å². The first-order valence-electron chi connectivity index (χ1n) is 35.3. The van der Waals surface area contributed by atoms with E-state index in [9.17, 15) is 66.1 Å². The van der Waals surface area contributed by atoms with Gasteiger partial charge in [-0.25, -0.2) is 42.1 Å². The van der Waals surface area contributed by atoms with Crippen LogP contribution in [0.25, 0.3) is 0 Å². The lowest BCUT2D eigenvalue weighted by Gasteiger charge is -2.30. The Morgan fingerprint density at radius 1 is 0.381 bits per heavy atom. The molecule has 24 nitrogen and oxygen atoms in total. The van der Waals surface area contributed by atoms with Crippen LogP contribution in [0.2, 0.25) is 0 Å². The van der Waals surface area contributed by atoms with Crippen molar-refractivity contribution in [1.29, 1.82) is 0 Å². The molecule has 0 radical (unpaired) electrons. The maximum atomic E-state index is 12.6. The standard InChI is InChI=1S/C13H24O4S.C11H22O4S.C10H20O5S.C10H20O3S.C9H17BrO2S.C9H18O3S.C6H11BrO2.C4H10OS/c1-7-12(5,6)18(15,16)13(8-9-13)10(14)17-11(2,3)4;1-7-11(5,6)16(13,14)8-9(12)15-10(2,3)4;1-9(2,3)15-8(12)6-16(13,14)10(4,5)7-11;1-9(2,3)13-8(12)6-14-10(4,5)7-11;2*1-4-8(2,3)13(11,12)9(7-10)5-6-9;1-6(2,3)9-5(8)4-7;1-4(2,6)3-5/h7-9H2,1-6H3;7-8H2,1-6H3;11H,6-7H2,1-5H3;11H,6-7H2,1-5H3;4-7H2,1-3H3;10H,4-7H2,1-3H3;4H2,1-3H3;5-6H,3H2,1-2H3. The van der Waals surface area contributed by atoms with Crippen molar-refractivity contribution in [3.63, 3.8) is 0 Å². The SMILES string of the molecule is CC(C)(C)OC(=O)CBr.CC(C)(C)OC(=O)CS(=O)(=O)C(C)(C)CO.CC(C)(C)OC(=O)CSC(C)(C)CO.CC(C)(S)CO.CCC(C)(C)S(=O)(=O)C1(C(=O)OC(C)(C)C)CC1.CCC(C)(C)S(=O)(=O)C1(CBr)CC1.CCC(C)(C)S(=O)(=O)C1(CO)CC1.CCC(C)(C)S(=O)(=O)CC(=O)OC(C)(C)C. The molecule has 0 amide bonds. The van der Waals surface area contributed by atoms with E-state index in [-0.39, 0.29) is 57.9 Å². The minimum Gasteiger partial charge on any atom is -0.459 e. The van der Waals surface area contributed by atoms with Gasteiger partial charge in [0.25, 0.3) is 0 Å². The van der Waals surface area contributed by atoms with Crippen LogP contribution >= 0.6 is 56.3 Å². The van der Waals surface area contributed by atoms with E-state index < -0.39 is 146 Å². The maximum absolute atomic E-state index is 12.6. The molecule has 3 fully saturated rings. The molecule has 3 aliphatic rings. The fraction of sp³-hybridized carbons (Fsp3) is 0.931. The number of alkyl halides is 2. The summed E-state index contributed by atoms with van der Waals surface area (Å²) in [5.74, 6) is -3.50. The Morgan fingerprint density at radius 2 is 0.657 bits per heavy atom. The molecule has 0 aromatic rings. The molecule has 3 rings (SSSR count). The van der Waals surface area contributed by atoms with Gasteiger partial charge in [-0.05, 0) is 265 Å². The third-order valence-corrected chi connectivity index (χ3v) is 35.2. The zero-order valence-corrected chi connectivity index (χ0v) is 79.0. The summed E-state index contributed by atoms with van der Waals surface area (Å²) in [6.07, 6.45) is 5.89. The highest BCUT2D eigenvalue weighted by Gasteiger charge is 2.66. The van der Waals surface area contributed by atoms with Crippen molar-refractivity contribution in [3.8, 4) is 0 Å². The van der Waals surface area contributed by atoms with Crippen LogP contribution in [0, 0.1) is 0 Å². The second kappa shape index (κ2) is 42.1. The van der Waals surface area contributed by atoms with Crippen LogP contribution in [-0.4, -0.2) is 222 Å². The normalized spacial score (nSPS) is 16.2. The summed E-state index contributed by atoms with van der Waals surface area (Å²) in [7, 11) is -16.8. The first kappa shape index (κ1) is 112. The number of esters is 5. The summed E-state index contributed by atoms with van der Waals surface area (Å²) in [5.41, 5.74) is -2.80. The highest BCUT2D eigenvalue weighted by Crippen LogP contribution is 2.52. The van der Waals surface area contributed by atoms with Crippen LogP contribution in [0.1, 0.15) is 293 Å². The van der Waals surface area contributed by atoms with E-state index in [0.717, 1.165) is 12.8 Å². The predicted octanol–water partition coefficient (Wildman–Crippen LogP) is 12.8. The highest BCUT2D eigenvalue weighted by atomic mass is 79.9. The van der Waals surface area contributed by atoms with Crippen LogP contribution < -0.4 is 0 Å². The summed E-state index contributed by atoms with van der Waals surface area (Å²) in [6, 6.07) is 0. The lowest BCUT2D eigenvalue weighted by Crippen LogP contribution is -2.47. The van der Waals surface area contributed by atoms with E-state index in [0.29, 0.717) is 56.7 Å². The second-order valence-electron chi connectivity index (χ2n) is 35.7. The fourth-order valence-electron chi connectivity index (χ4n) is 7.40. The minimum atomic E-state index is -3.71. The van der Waals surface area contributed by atoms with Crippen molar-refractivity contribution >= 4 is 135 Å². The number of halogens is 2. The maximum Gasteiger partial charge on any atom is 0.328 e. The topological polar surface area (TPSA) is 383 Å². The molecular weight excluding hydrogens is 1630 g/mol. The van der Waals surface area contributed by atoms with Gasteiger partial charge < -0.3 is 44.1 Å². The number of thioether (sulfide) groups is 1. The number of aliphatic hydroxyl groups excluding tert-OH is 4. The summed E-state index contributed by atoms with van der Waals surface area (Å²) in [6.45, 7) is 57.2. The smallest absolute Gasteiger partial charge is 0.328 e. The Balaban J connectivity index is -0.000000368. The zero-order chi connectivity index (χ0) is 85.6. The number of thiol groups is 1. The van der Waals surface area contributed by atoms with Crippen LogP contribution in [0.5, 0.6) is 0 Å². The highest BCUT2D eigenvalue weighted by molar-refractivity contribution is 9.09. The summed E-state index contributed by atoms with van der Waals surface area (Å²) in [4.78, 5) is 56.8. The van der Waals surface area contributed by atoms with Crippen molar-refractivity contribution in [3.05, 3.63) is 0 Å². The third kappa shape index (κ3) is 39.8. The number of carbonyl (C=O) groups is 5. The van der Waals surface area contributed by atoms with Gasteiger partial charge in [0.05, 0.1) is 65.4 Å². The molecule has 0 unspecified atom stereocenters. The molecule has 0 atom stereocenters. The van der Waals surface area contributed by atoms with E-state index in [2.05, 4.69) is 44.5 Å². The molecular formula is C72H142Br2O24S7. The lowest BCUT2D eigenvalue weighted by molar-refractivity contribution is -0.155. The number of hydrogen-bond donors (Lipinski definition) is 5. The lowest BCUT2D eigenvalue weighted by atomic mass is 10.1. The number of hydrogen-bond acceptors (Lipinski definition) is 26. The first-order valence-corrected chi connectivity index (χ1v) is 46.7. The molecule has 0 heterocycles. The van der Waals surface area contributed by atoms with Crippen LogP contribution in [0.4, 0.5) is 0 Å². The van der Waals surface area contributed by atoms with Crippen molar-refractivity contribution in [2.24, 2.45) is 0 Å². The fourth-order valence-corrected chi connectivity index (χ4v) is 18.8. The first-order chi connectivity index (χ1) is 46.1. The van der Waals surface area contributed by atoms with Gasteiger partial charge in [0.1, 0.15) is 44.8 Å². The molecule has 0 aliphatic heterocycles. The molecule has 3 saturated carbocycles. The Morgan fingerprint density at radius 3 is 0.876 bits per heavy atom.